The Morgan fingerprint density at radius 3 is 2.59 bits per heavy atom. The fourth-order valence-electron chi connectivity index (χ4n) is 2.73. The van der Waals surface area contributed by atoms with Gasteiger partial charge in [0.15, 0.2) is 0 Å². The summed E-state index contributed by atoms with van der Waals surface area (Å²) in [6.07, 6.45) is 5.93. The van der Waals surface area contributed by atoms with Gasteiger partial charge in [-0.15, -0.1) is 0 Å². The van der Waals surface area contributed by atoms with E-state index in [4.69, 9.17) is 0 Å². The van der Waals surface area contributed by atoms with Gasteiger partial charge in [-0.2, -0.15) is 0 Å². The summed E-state index contributed by atoms with van der Waals surface area (Å²) in [5.41, 5.74) is 6.22. The summed E-state index contributed by atoms with van der Waals surface area (Å²) < 4.78 is 0. The topological polar surface area (TPSA) is 41.6 Å². The highest BCUT2D eigenvalue weighted by Gasteiger charge is 2.04. The highest BCUT2D eigenvalue weighted by molar-refractivity contribution is 5.93. The van der Waals surface area contributed by atoms with Crippen molar-refractivity contribution in [3.63, 3.8) is 0 Å². The summed E-state index contributed by atoms with van der Waals surface area (Å²) in [5.74, 6) is 0. The van der Waals surface area contributed by atoms with Gasteiger partial charge in [0.2, 0.25) is 0 Å². The quantitative estimate of drug-likeness (QED) is 0.585. The number of aromatic amines is 1. The van der Waals surface area contributed by atoms with Gasteiger partial charge in [0, 0.05) is 22.2 Å². The molecule has 0 saturated carbocycles. The summed E-state index contributed by atoms with van der Waals surface area (Å²) in [6, 6.07) is 16.2. The number of aromatic nitrogens is 3. The van der Waals surface area contributed by atoms with Crippen LogP contribution < -0.4 is 0 Å². The smallest absolute Gasteiger partial charge is 0.0894 e. The maximum atomic E-state index is 4.62. The lowest BCUT2D eigenvalue weighted by Crippen LogP contribution is -1.86. The maximum Gasteiger partial charge on any atom is 0.0894 e. The normalized spacial score (nSPS) is 11.7. The lowest BCUT2D eigenvalue weighted by molar-refractivity contribution is 1.27. The number of nitrogens with one attached hydrogen (secondary N) is 1. The first-order valence-electron chi connectivity index (χ1n) is 7.28. The minimum absolute atomic E-state index is 0.864. The van der Waals surface area contributed by atoms with E-state index in [9.17, 15) is 0 Å². The van der Waals surface area contributed by atoms with Gasteiger partial charge in [-0.1, -0.05) is 36.4 Å². The number of benzene rings is 2. The summed E-state index contributed by atoms with van der Waals surface area (Å²) in [5, 5.41) is 1.23. The van der Waals surface area contributed by atoms with Gasteiger partial charge < -0.3 is 4.98 Å². The predicted molar refractivity (Wildman–Crippen MR) is 91.5 cm³/mol. The summed E-state index contributed by atoms with van der Waals surface area (Å²) in [4.78, 5) is 12.5. The molecule has 0 aliphatic heterocycles. The lowest BCUT2D eigenvalue weighted by Gasteiger charge is -1.98. The average molecular weight is 285 g/mol. The monoisotopic (exact) mass is 285 g/mol. The molecule has 0 aliphatic carbocycles. The molecule has 3 nitrogen and oxygen atoms in total. The molecule has 22 heavy (non-hydrogen) atoms. The Morgan fingerprint density at radius 2 is 1.68 bits per heavy atom. The number of rotatable bonds is 2. The average Bonchev–Trinajstić information content (AvgIpc) is 2.88. The molecule has 0 unspecified atom stereocenters. The molecular formula is C19H15N3. The van der Waals surface area contributed by atoms with Crippen molar-refractivity contribution in [1.82, 2.24) is 15.0 Å². The van der Waals surface area contributed by atoms with Gasteiger partial charge in [0.05, 0.1) is 22.9 Å². The minimum atomic E-state index is 0.864. The predicted octanol–water partition coefficient (Wildman–Crippen LogP) is 4.59. The molecule has 106 valence electrons. The van der Waals surface area contributed by atoms with E-state index in [0.29, 0.717) is 0 Å². The van der Waals surface area contributed by atoms with Gasteiger partial charge in [-0.3, -0.25) is 4.98 Å². The Morgan fingerprint density at radius 1 is 0.909 bits per heavy atom. The van der Waals surface area contributed by atoms with Crippen LogP contribution in [-0.4, -0.2) is 15.0 Å². The fourth-order valence-corrected chi connectivity index (χ4v) is 2.73. The third kappa shape index (κ3) is 2.17. The third-order valence-corrected chi connectivity index (χ3v) is 3.83. The van der Waals surface area contributed by atoms with Crippen LogP contribution in [0, 0.1) is 6.92 Å². The Balaban J connectivity index is 1.77. The molecule has 1 N–H and O–H groups in total. The third-order valence-electron chi connectivity index (χ3n) is 3.83. The van der Waals surface area contributed by atoms with Crippen LogP contribution in [0.25, 0.3) is 34.1 Å². The van der Waals surface area contributed by atoms with Crippen molar-refractivity contribution in [2.24, 2.45) is 0 Å². The molecule has 2 aromatic carbocycles. The molecule has 0 amide bonds. The van der Waals surface area contributed by atoms with Crippen molar-refractivity contribution in [3.8, 4) is 0 Å². The summed E-state index contributed by atoms with van der Waals surface area (Å²) in [6.45, 7) is 2.09. The zero-order valence-electron chi connectivity index (χ0n) is 12.2. The second-order valence-electron chi connectivity index (χ2n) is 5.33. The lowest BCUT2D eigenvalue weighted by atomic mass is 10.1. The van der Waals surface area contributed by atoms with Gasteiger partial charge in [-0.25, -0.2) is 4.98 Å². The van der Waals surface area contributed by atoms with Gasteiger partial charge in [-0.05, 0) is 31.2 Å². The molecule has 0 saturated heterocycles. The molecular weight excluding hydrogens is 270 g/mol. The van der Waals surface area contributed by atoms with Crippen molar-refractivity contribution in [1.29, 1.82) is 0 Å². The number of para-hydroxylation sites is 3. The van der Waals surface area contributed by atoms with Crippen LogP contribution >= 0.6 is 0 Å². The number of fused-ring (bicyclic) bond motifs is 2. The summed E-state index contributed by atoms with van der Waals surface area (Å²) >= 11 is 0. The van der Waals surface area contributed by atoms with E-state index in [1.54, 1.807) is 0 Å². The van der Waals surface area contributed by atoms with E-state index in [1.165, 1.54) is 10.9 Å². The first kappa shape index (κ1) is 12.8. The number of hydrogen-bond acceptors (Lipinski definition) is 2. The van der Waals surface area contributed by atoms with Crippen molar-refractivity contribution in [2.45, 2.75) is 6.92 Å². The van der Waals surface area contributed by atoms with E-state index in [1.807, 2.05) is 42.6 Å². The van der Waals surface area contributed by atoms with E-state index in [-0.39, 0.29) is 0 Å². The zero-order chi connectivity index (χ0) is 14.9. The van der Waals surface area contributed by atoms with Crippen LogP contribution in [0.15, 0.2) is 54.7 Å². The molecule has 4 aromatic rings. The number of aryl methyl sites for hydroxylation is 1. The van der Waals surface area contributed by atoms with Gasteiger partial charge in [0.1, 0.15) is 0 Å². The number of nitrogens with zero attached hydrogens (tertiary/aromatic N) is 2. The molecule has 0 spiro atoms. The van der Waals surface area contributed by atoms with Crippen molar-refractivity contribution in [2.75, 3.05) is 0 Å². The van der Waals surface area contributed by atoms with Crippen molar-refractivity contribution in [3.05, 3.63) is 71.7 Å². The van der Waals surface area contributed by atoms with Crippen molar-refractivity contribution >= 4 is 34.1 Å². The van der Waals surface area contributed by atoms with Crippen LogP contribution in [0.5, 0.6) is 0 Å². The van der Waals surface area contributed by atoms with Gasteiger partial charge >= 0.3 is 0 Å². The second kappa shape index (κ2) is 5.11. The molecule has 0 fully saturated rings. The molecule has 3 heteroatoms. The minimum Gasteiger partial charge on any atom is -0.358 e. The highest BCUT2D eigenvalue weighted by Crippen LogP contribution is 2.23. The molecule has 4 rings (SSSR count). The van der Waals surface area contributed by atoms with Crippen LogP contribution in [0.2, 0.25) is 0 Å². The largest absolute Gasteiger partial charge is 0.358 e. The maximum absolute atomic E-state index is 4.62. The van der Waals surface area contributed by atoms with Crippen LogP contribution in [0.4, 0.5) is 0 Å². The van der Waals surface area contributed by atoms with Crippen LogP contribution in [-0.2, 0) is 0 Å². The first-order valence-corrected chi connectivity index (χ1v) is 7.28. The molecule has 0 aliphatic rings. The molecule has 2 aromatic heterocycles. The van der Waals surface area contributed by atoms with E-state index < -0.39 is 0 Å². The fraction of sp³-hybridized carbons (Fsp3) is 0.0526. The highest BCUT2D eigenvalue weighted by atomic mass is 14.8. The number of H-pyrrole nitrogens is 1. The number of hydrogen-bond donors (Lipinski definition) is 1. The molecule has 0 bridgehead atoms. The van der Waals surface area contributed by atoms with E-state index in [2.05, 4.69) is 46.2 Å². The molecule has 2 heterocycles. The van der Waals surface area contributed by atoms with Gasteiger partial charge in [0.25, 0.3) is 0 Å². The SMILES string of the molecule is Cc1[nH]c2ccccc2c1/C=C/c1cnc2ccccc2n1. The summed E-state index contributed by atoms with van der Waals surface area (Å²) in [7, 11) is 0. The molecule has 0 atom stereocenters. The van der Waals surface area contributed by atoms with Crippen LogP contribution in [0.1, 0.15) is 17.0 Å². The Hall–Kier alpha value is -2.94. The second-order valence-corrected chi connectivity index (χ2v) is 5.33. The van der Waals surface area contributed by atoms with Crippen LogP contribution in [0.3, 0.4) is 0 Å². The Bertz CT molecular complexity index is 996. The van der Waals surface area contributed by atoms with E-state index >= 15 is 0 Å². The van der Waals surface area contributed by atoms with Crippen molar-refractivity contribution < 1.29 is 0 Å². The zero-order valence-corrected chi connectivity index (χ0v) is 12.2. The standard InChI is InChI=1S/C19H15N3/c1-13-15(16-6-2-3-7-17(16)21-13)11-10-14-12-20-18-8-4-5-9-19(18)22-14/h2-12,21H,1H3/b11-10+. The Kier molecular flexibility index (Phi) is 2.97. The molecule has 0 radical (unpaired) electrons. The Labute approximate surface area is 128 Å². The van der Waals surface area contributed by atoms with E-state index in [0.717, 1.165) is 27.9 Å². The first-order chi connectivity index (χ1) is 10.8.